The van der Waals surface area contributed by atoms with E-state index >= 15 is 0 Å². The average molecular weight is 261 g/mol. The molecule has 2 N–H and O–H groups in total. The number of nitrogen functional groups attached to an aromatic ring is 1. The van der Waals surface area contributed by atoms with Crippen molar-refractivity contribution in [1.29, 1.82) is 0 Å². The van der Waals surface area contributed by atoms with Crippen molar-refractivity contribution in [3.05, 3.63) is 24.3 Å². The minimum absolute atomic E-state index is 0.0917. The van der Waals surface area contributed by atoms with Gasteiger partial charge in [0.15, 0.2) is 0 Å². The molecule has 0 aliphatic rings. The van der Waals surface area contributed by atoms with Gasteiger partial charge in [-0.2, -0.15) is 0 Å². The average Bonchev–Trinajstić information content (AvgIpc) is 2.73. The predicted molar refractivity (Wildman–Crippen MR) is 74.7 cm³/mol. The van der Waals surface area contributed by atoms with Gasteiger partial charge in [-0.05, 0) is 32.4 Å². The molecule has 0 spiro atoms. The van der Waals surface area contributed by atoms with Gasteiger partial charge < -0.3 is 10.5 Å². The molecule has 5 nitrogen and oxygen atoms in total. The smallest absolute Gasteiger partial charge is 0.329 e. The Morgan fingerprint density at radius 3 is 2.79 bits per heavy atom. The molecule has 0 aliphatic heterocycles. The Kier molecular flexibility index (Phi) is 3.74. The fourth-order valence-electron chi connectivity index (χ4n) is 1.96. The van der Waals surface area contributed by atoms with Gasteiger partial charge in [0.25, 0.3) is 0 Å². The van der Waals surface area contributed by atoms with Crippen molar-refractivity contribution in [2.45, 2.75) is 39.3 Å². The van der Waals surface area contributed by atoms with E-state index in [9.17, 15) is 4.79 Å². The second-order valence-corrected chi connectivity index (χ2v) is 4.66. The number of hydrogen-bond acceptors (Lipinski definition) is 4. The Morgan fingerprint density at radius 2 is 2.11 bits per heavy atom. The van der Waals surface area contributed by atoms with Crippen molar-refractivity contribution in [3.63, 3.8) is 0 Å². The molecule has 0 amide bonds. The number of rotatable bonds is 4. The maximum atomic E-state index is 12.1. The number of anilines is 1. The van der Waals surface area contributed by atoms with Crippen LogP contribution in [0.1, 0.15) is 33.2 Å². The molecule has 1 aromatic carbocycles. The fraction of sp³-hybridized carbons (Fsp3) is 0.429. The lowest BCUT2D eigenvalue weighted by atomic mass is 10.2. The summed E-state index contributed by atoms with van der Waals surface area (Å²) in [4.78, 5) is 16.3. The Balaban J connectivity index is 2.33. The molecule has 0 saturated heterocycles. The summed E-state index contributed by atoms with van der Waals surface area (Å²) < 4.78 is 7.05. The number of carbonyl (C=O) groups excluding carboxylic acids is 1. The van der Waals surface area contributed by atoms with E-state index in [1.807, 2.05) is 38.1 Å². The van der Waals surface area contributed by atoms with Crippen LogP contribution in [0.4, 0.5) is 5.95 Å². The molecule has 0 radical (unpaired) electrons. The number of para-hydroxylation sites is 2. The number of aromatic nitrogens is 2. The zero-order chi connectivity index (χ0) is 14.0. The van der Waals surface area contributed by atoms with Crippen LogP contribution in [0, 0.1) is 0 Å². The van der Waals surface area contributed by atoms with Crippen LogP contribution in [0.25, 0.3) is 11.0 Å². The normalized spacial score (nSPS) is 14.3. The van der Waals surface area contributed by atoms with Gasteiger partial charge in [-0.25, -0.2) is 9.78 Å². The highest BCUT2D eigenvalue weighted by Crippen LogP contribution is 2.23. The van der Waals surface area contributed by atoms with E-state index in [1.54, 1.807) is 11.5 Å². The first-order valence-electron chi connectivity index (χ1n) is 6.47. The molecule has 5 heteroatoms. The fourth-order valence-corrected chi connectivity index (χ4v) is 1.96. The first kappa shape index (κ1) is 13.4. The first-order valence-corrected chi connectivity index (χ1v) is 6.47. The monoisotopic (exact) mass is 261 g/mol. The van der Waals surface area contributed by atoms with E-state index in [4.69, 9.17) is 10.5 Å². The van der Waals surface area contributed by atoms with E-state index in [1.165, 1.54) is 0 Å². The number of fused-ring (bicyclic) bond motifs is 1. The van der Waals surface area contributed by atoms with Gasteiger partial charge in [0.05, 0.1) is 17.1 Å². The molecule has 2 aromatic rings. The molecule has 102 valence electrons. The largest absolute Gasteiger partial charge is 0.461 e. The lowest BCUT2D eigenvalue weighted by molar-refractivity contribution is -0.151. The molecule has 2 rings (SSSR count). The Bertz CT molecular complexity index is 591. The maximum Gasteiger partial charge on any atom is 0.329 e. The van der Waals surface area contributed by atoms with Crippen molar-refractivity contribution >= 4 is 23.0 Å². The van der Waals surface area contributed by atoms with Gasteiger partial charge in [-0.15, -0.1) is 0 Å². The lowest BCUT2D eigenvalue weighted by Gasteiger charge is -2.18. The summed E-state index contributed by atoms with van der Waals surface area (Å²) in [6, 6.07) is 7.07. The number of imidazole rings is 1. The molecule has 2 atom stereocenters. The van der Waals surface area contributed by atoms with Crippen LogP contribution in [0.3, 0.4) is 0 Å². The van der Waals surface area contributed by atoms with Crippen molar-refractivity contribution in [1.82, 2.24) is 9.55 Å². The standard InChI is InChI=1S/C14H19N3O2/c1-4-9(2)19-13(18)10(3)17-12-8-6-5-7-11(12)16-14(17)15/h5-10H,4H2,1-3H3,(H2,15,16). The summed E-state index contributed by atoms with van der Waals surface area (Å²) in [5, 5.41) is 0. The first-order chi connectivity index (χ1) is 9.04. The van der Waals surface area contributed by atoms with Crippen LogP contribution >= 0.6 is 0 Å². The second kappa shape index (κ2) is 5.30. The van der Waals surface area contributed by atoms with Gasteiger partial charge >= 0.3 is 5.97 Å². The number of benzene rings is 1. The Labute approximate surface area is 112 Å². The topological polar surface area (TPSA) is 70.1 Å². The molecule has 0 saturated carbocycles. The number of esters is 1. The van der Waals surface area contributed by atoms with Crippen LogP contribution in [0.15, 0.2) is 24.3 Å². The summed E-state index contributed by atoms with van der Waals surface area (Å²) in [7, 11) is 0. The molecule has 1 heterocycles. The van der Waals surface area contributed by atoms with E-state index in [-0.39, 0.29) is 12.1 Å². The molecular weight excluding hydrogens is 242 g/mol. The van der Waals surface area contributed by atoms with E-state index in [0.29, 0.717) is 5.95 Å². The highest BCUT2D eigenvalue weighted by molar-refractivity contribution is 5.82. The summed E-state index contributed by atoms with van der Waals surface area (Å²) in [5.74, 6) is 0.0407. The zero-order valence-electron chi connectivity index (χ0n) is 11.5. The quantitative estimate of drug-likeness (QED) is 0.858. The Hall–Kier alpha value is -2.04. The zero-order valence-corrected chi connectivity index (χ0v) is 11.5. The second-order valence-electron chi connectivity index (χ2n) is 4.66. The Morgan fingerprint density at radius 1 is 1.42 bits per heavy atom. The van der Waals surface area contributed by atoms with Crippen LogP contribution in [-0.2, 0) is 9.53 Å². The van der Waals surface area contributed by atoms with Crippen LogP contribution < -0.4 is 5.73 Å². The lowest BCUT2D eigenvalue weighted by Crippen LogP contribution is -2.24. The third kappa shape index (κ3) is 2.54. The molecule has 0 bridgehead atoms. The molecular formula is C14H19N3O2. The SMILES string of the molecule is CCC(C)OC(=O)C(C)n1c(N)nc2ccccc21. The maximum absolute atomic E-state index is 12.1. The summed E-state index contributed by atoms with van der Waals surface area (Å²) >= 11 is 0. The van der Waals surface area contributed by atoms with Crippen LogP contribution in [0.5, 0.6) is 0 Å². The molecule has 0 fully saturated rings. The molecule has 0 aliphatic carbocycles. The van der Waals surface area contributed by atoms with Crippen molar-refractivity contribution in [2.24, 2.45) is 0 Å². The highest BCUT2D eigenvalue weighted by Gasteiger charge is 2.22. The number of nitrogens with two attached hydrogens (primary N) is 1. The van der Waals surface area contributed by atoms with Gasteiger partial charge in [0.1, 0.15) is 6.04 Å². The number of nitrogens with zero attached hydrogens (tertiary/aromatic N) is 2. The third-order valence-corrected chi connectivity index (χ3v) is 3.24. The van der Waals surface area contributed by atoms with Crippen molar-refractivity contribution in [3.8, 4) is 0 Å². The van der Waals surface area contributed by atoms with Crippen molar-refractivity contribution in [2.75, 3.05) is 5.73 Å². The predicted octanol–water partition coefficient (Wildman–Crippen LogP) is 2.52. The summed E-state index contributed by atoms with van der Waals surface area (Å²) in [6.07, 6.45) is 0.699. The minimum Gasteiger partial charge on any atom is -0.461 e. The van der Waals surface area contributed by atoms with Gasteiger partial charge in [0.2, 0.25) is 5.95 Å². The van der Waals surface area contributed by atoms with E-state index < -0.39 is 6.04 Å². The molecule has 2 unspecified atom stereocenters. The minimum atomic E-state index is -0.485. The highest BCUT2D eigenvalue weighted by atomic mass is 16.5. The van der Waals surface area contributed by atoms with E-state index in [0.717, 1.165) is 17.5 Å². The van der Waals surface area contributed by atoms with Crippen molar-refractivity contribution < 1.29 is 9.53 Å². The third-order valence-electron chi connectivity index (χ3n) is 3.24. The van der Waals surface area contributed by atoms with E-state index in [2.05, 4.69) is 4.98 Å². The van der Waals surface area contributed by atoms with Gasteiger partial charge in [-0.3, -0.25) is 4.57 Å². The number of ether oxygens (including phenoxy) is 1. The van der Waals surface area contributed by atoms with Gasteiger partial charge in [-0.1, -0.05) is 19.1 Å². The summed E-state index contributed by atoms with van der Waals surface area (Å²) in [5.41, 5.74) is 7.52. The molecule has 19 heavy (non-hydrogen) atoms. The summed E-state index contributed by atoms with van der Waals surface area (Å²) in [6.45, 7) is 5.62. The van der Waals surface area contributed by atoms with Gasteiger partial charge in [0, 0.05) is 0 Å². The number of carbonyl (C=O) groups is 1. The van der Waals surface area contributed by atoms with Crippen LogP contribution in [0.2, 0.25) is 0 Å². The van der Waals surface area contributed by atoms with Crippen LogP contribution in [-0.4, -0.2) is 21.6 Å². The number of hydrogen-bond donors (Lipinski definition) is 1. The molecule has 1 aromatic heterocycles.